The molecule has 0 heterocycles. The van der Waals surface area contributed by atoms with Crippen LogP contribution in [-0.2, 0) is 4.79 Å². The molecule has 0 aromatic carbocycles. The maximum Gasteiger partial charge on any atom is 0.327 e. The zero-order chi connectivity index (χ0) is 7.44. The third kappa shape index (κ3) is 2.07. The summed E-state index contributed by atoms with van der Waals surface area (Å²) >= 11 is 0. The summed E-state index contributed by atoms with van der Waals surface area (Å²) in [4.78, 5) is 19.7. The van der Waals surface area contributed by atoms with Gasteiger partial charge in [0.05, 0.1) is 5.29 Å². The number of carbonyl (C=O) groups is 1. The first-order valence-electron chi connectivity index (χ1n) is 2.38. The molecule has 0 rings (SSSR count). The SMILES string of the molecule is C[C@H](C(=O)O)N(C)N=O. The van der Waals surface area contributed by atoms with Crippen LogP contribution in [0.3, 0.4) is 0 Å². The van der Waals surface area contributed by atoms with Crippen molar-refractivity contribution < 1.29 is 9.90 Å². The van der Waals surface area contributed by atoms with E-state index in [0.717, 1.165) is 5.01 Å². The number of nitroso groups, excluding NO2 is 1. The van der Waals surface area contributed by atoms with Gasteiger partial charge in [0.2, 0.25) is 0 Å². The fourth-order valence-electron chi connectivity index (χ4n) is 0.231. The molecule has 0 saturated heterocycles. The van der Waals surface area contributed by atoms with E-state index >= 15 is 0 Å². The summed E-state index contributed by atoms with van der Waals surface area (Å²) in [6.07, 6.45) is 0. The van der Waals surface area contributed by atoms with E-state index < -0.39 is 12.0 Å². The quantitative estimate of drug-likeness (QED) is 0.436. The van der Waals surface area contributed by atoms with Gasteiger partial charge < -0.3 is 5.11 Å². The monoisotopic (exact) mass is 132 g/mol. The minimum absolute atomic E-state index is 0.836. The van der Waals surface area contributed by atoms with E-state index in [0.29, 0.717) is 0 Å². The average molecular weight is 132 g/mol. The lowest BCUT2D eigenvalue weighted by atomic mass is 10.3. The van der Waals surface area contributed by atoms with Crippen molar-refractivity contribution in [1.29, 1.82) is 0 Å². The van der Waals surface area contributed by atoms with Crippen molar-refractivity contribution in [3.8, 4) is 0 Å². The second kappa shape index (κ2) is 3.01. The van der Waals surface area contributed by atoms with Crippen molar-refractivity contribution in [3.05, 3.63) is 4.91 Å². The lowest BCUT2D eigenvalue weighted by molar-refractivity contribution is -0.142. The third-order valence-corrected chi connectivity index (χ3v) is 1.05. The number of aliphatic carboxylic acids is 1. The van der Waals surface area contributed by atoms with Gasteiger partial charge in [-0.25, -0.2) is 9.80 Å². The highest BCUT2D eigenvalue weighted by Crippen LogP contribution is 1.93. The molecule has 1 atom stereocenters. The van der Waals surface area contributed by atoms with Crippen LogP contribution in [0.15, 0.2) is 5.29 Å². The normalized spacial score (nSPS) is 12.2. The van der Waals surface area contributed by atoms with E-state index in [4.69, 9.17) is 5.11 Å². The molecule has 9 heavy (non-hydrogen) atoms. The van der Waals surface area contributed by atoms with E-state index in [-0.39, 0.29) is 0 Å². The first-order chi connectivity index (χ1) is 4.09. The highest BCUT2D eigenvalue weighted by molar-refractivity contribution is 5.72. The third-order valence-electron chi connectivity index (χ3n) is 1.05. The Bertz CT molecular complexity index is 125. The summed E-state index contributed by atoms with van der Waals surface area (Å²) in [5, 5.41) is 11.5. The first-order valence-corrected chi connectivity index (χ1v) is 2.38. The molecule has 5 nitrogen and oxygen atoms in total. The predicted octanol–water partition coefficient (Wildman–Crippen LogP) is 0.0727. The highest BCUT2D eigenvalue weighted by atomic mass is 16.4. The Morgan fingerprint density at radius 3 is 2.33 bits per heavy atom. The van der Waals surface area contributed by atoms with Crippen molar-refractivity contribution in [1.82, 2.24) is 5.01 Å². The van der Waals surface area contributed by atoms with E-state index in [1.165, 1.54) is 14.0 Å². The van der Waals surface area contributed by atoms with E-state index in [9.17, 15) is 9.70 Å². The molecule has 0 amide bonds. The summed E-state index contributed by atoms with van der Waals surface area (Å²) < 4.78 is 0. The molecule has 0 fully saturated rings. The van der Waals surface area contributed by atoms with Crippen molar-refractivity contribution in [3.63, 3.8) is 0 Å². The fourth-order valence-corrected chi connectivity index (χ4v) is 0.231. The minimum Gasteiger partial charge on any atom is -0.480 e. The summed E-state index contributed by atoms with van der Waals surface area (Å²) in [6.45, 7) is 1.38. The van der Waals surface area contributed by atoms with Crippen LogP contribution in [0, 0.1) is 4.91 Å². The maximum absolute atomic E-state index is 10.1. The molecule has 0 aliphatic heterocycles. The van der Waals surface area contributed by atoms with Gasteiger partial charge in [-0.3, -0.25) is 0 Å². The Hall–Kier alpha value is -1.13. The Balaban J connectivity index is 3.86. The van der Waals surface area contributed by atoms with Gasteiger partial charge in [-0.1, -0.05) is 0 Å². The highest BCUT2D eigenvalue weighted by Gasteiger charge is 2.15. The average Bonchev–Trinajstić information content (AvgIpc) is 1.84. The lowest BCUT2D eigenvalue weighted by Gasteiger charge is -2.11. The zero-order valence-corrected chi connectivity index (χ0v) is 5.24. The number of carboxylic acids is 1. The fraction of sp³-hybridized carbons (Fsp3) is 0.750. The molecular weight excluding hydrogens is 124 g/mol. The Morgan fingerprint density at radius 2 is 2.22 bits per heavy atom. The van der Waals surface area contributed by atoms with Gasteiger partial charge in [0, 0.05) is 7.05 Å². The Morgan fingerprint density at radius 1 is 1.78 bits per heavy atom. The number of hydrogen-bond acceptors (Lipinski definition) is 3. The van der Waals surface area contributed by atoms with Crippen LogP contribution in [0.2, 0.25) is 0 Å². The molecule has 0 aromatic rings. The largest absolute Gasteiger partial charge is 0.480 e. The van der Waals surface area contributed by atoms with Crippen LogP contribution in [-0.4, -0.2) is 29.2 Å². The zero-order valence-electron chi connectivity index (χ0n) is 5.24. The number of rotatable bonds is 3. The number of likely N-dealkylation sites (N-methyl/N-ethyl adjacent to an activating group) is 1. The van der Waals surface area contributed by atoms with Gasteiger partial charge in [-0.05, 0) is 6.92 Å². The lowest BCUT2D eigenvalue weighted by Crippen LogP contribution is -2.31. The van der Waals surface area contributed by atoms with Gasteiger partial charge in [0.1, 0.15) is 6.04 Å². The van der Waals surface area contributed by atoms with Crippen LogP contribution in [0.25, 0.3) is 0 Å². The molecule has 0 spiro atoms. The number of hydrogen-bond donors (Lipinski definition) is 1. The number of nitrogens with zero attached hydrogens (tertiary/aromatic N) is 2. The molecule has 0 unspecified atom stereocenters. The van der Waals surface area contributed by atoms with E-state index in [1.807, 2.05) is 0 Å². The second-order valence-corrected chi connectivity index (χ2v) is 1.67. The van der Waals surface area contributed by atoms with Crippen LogP contribution < -0.4 is 0 Å². The summed E-state index contributed by atoms with van der Waals surface area (Å²) in [7, 11) is 1.31. The van der Waals surface area contributed by atoms with E-state index in [2.05, 4.69) is 5.29 Å². The molecule has 0 saturated carbocycles. The molecule has 0 aliphatic rings. The minimum atomic E-state index is -1.06. The van der Waals surface area contributed by atoms with Crippen molar-refractivity contribution in [2.45, 2.75) is 13.0 Å². The summed E-state index contributed by atoms with van der Waals surface area (Å²) in [6, 6.07) is -0.845. The maximum atomic E-state index is 10.1. The summed E-state index contributed by atoms with van der Waals surface area (Å²) in [5.74, 6) is -1.06. The molecule has 0 aromatic heterocycles. The van der Waals surface area contributed by atoms with Gasteiger partial charge in [0.15, 0.2) is 0 Å². The van der Waals surface area contributed by atoms with Crippen LogP contribution in [0.5, 0.6) is 0 Å². The molecular formula is C4H8N2O3. The number of carboxylic acid groups (broad SMARTS) is 1. The smallest absolute Gasteiger partial charge is 0.327 e. The van der Waals surface area contributed by atoms with Crippen LogP contribution in [0.4, 0.5) is 0 Å². The van der Waals surface area contributed by atoms with Gasteiger partial charge >= 0.3 is 5.97 Å². The Labute approximate surface area is 52.2 Å². The molecule has 1 N–H and O–H groups in total. The van der Waals surface area contributed by atoms with Crippen molar-refractivity contribution >= 4 is 5.97 Å². The summed E-state index contributed by atoms with van der Waals surface area (Å²) in [5.41, 5.74) is 0. The second-order valence-electron chi connectivity index (χ2n) is 1.67. The van der Waals surface area contributed by atoms with Gasteiger partial charge in [-0.2, -0.15) is 0 Å². The topological polar surface area (TPSA) is 70.0 Å². The van der Waals surface area contributed by atoms with Crippen LogP contribution >= 0.6 is 0 Å². The van der Waals surface area contributed by atoms with E-state index in [1.54, 1.807) is 0 Å². The molecule has 52 valence electrons. The van der Waals surface area contributed by atoms with Crippen molar-refractivity contribution in [2.75, 3.05) is 7.05 Å². The standard InChI is InChI=1S/C4H8N2O3/c1-3(4(7)8)6(2)5-9/h3H,1-2H3,(H,7,8)/t3-/m1/s1. The van der Waals surface area contributed by atoms with Crippen molar-refractivity contribution in [2.24, 2.45) is 5.29 Å². The predicted molar refractivity (Wildman–Crippen MR) is 30.7 cm³/mol. The molecule has 0 radical (unpaired) electrons. The van der Waals surface area contributed by atoms with Crippen LogP contribution in [0.1, 0.15) is 6.92 Å². The molecule has 0 aliphatic carbocycles. The van der Waals surface area contributed by atoms with Gasteiger partial charge in [-0.15, -0.1) is 4.91 Å². The Kier molecular flexibility index (Phi) is 2.63. The molecule has 0 bridgehead atoms. The first kappa shape index (κ1) is 7.87. The van der Waals surface area contributed by atoms with Gasteiger partial charge in [0.25, 0.3) is 0 Å². The molecule has 5 heteroatoms.